The van der Waals surface area contributed by atoms with E-state index in [0.717, 1.165) is 51.2 Å². The van der Waals surface area contributed by atoms with Crippen molar-refractivity contribution in [3.05, 3.63) is 285 Å². The van der Waals surface area contributed by atoms with E-state index in [0.29, 0.717) is 51.5 Å². The molecule has 0 saturated heterocycles. The summed E-state index contributed by atoms with van der Waals surface area (Å²) >= 11 is 0. The SMILES string of the molecule is COCOc1c(C)cc(C(C)(C)C)cc1Pc1ccccc1N(C)C.COCOc1c(C)cc(C)cc1Pc1ccc(C)cc1N(C)C.COCOc1c(C)cccc1Pc1ccc(C)cc1N(C)C.COCOc1c(Pc2ccccc2N(C)C)cc(C(C)(C)C)cc1C(C)(C)C.COCOc1ccc(C)cc1Pc1ccc(C)cc1N(C)C.COCOc1ccccc1Pc1ccc(C)cc1N(C)C. The molecule has 24 heteroatoms. The molecule has 141 heavy (non-hydrogen) atoms. The summed E-state index contributed by atoms with van der Waals surface area (Å²) < 4.78 is 65.6. The van der Waals surface area contributed by atoms with Gasteiger partial charge < -0.3 is 86.2 Å². The zero-order valence-electron chi connectivity index (χ0n) is 91.1. The van der Waals surface area contributed by atoms with Crippen LogP contribution in [-0.2, 0) is 44.7 Å². The molecule has 6 unspecified atom stereocenters. The summed E-state index contributed by atoms with van der Waals surface area (Å²) in [5.41, 5.74) is 22.7. The van der Waals surface area contributed by atoms with Crippen molar-refractivity contribution < 1.29 is 56.8 Å². The first-order valence-corrected chi connectivity index (χ1v) is 53.5. The molecule has 18 nitrogen and oxygen atoms in total. The predicted octanol–water partition coefficient (Wildman–Crippen LogP) is 20.9. The fraction of sp³-hybridized carbons (Fsp3) is 0.385. The molecule has 0 radical (unpaired) electrons. The molecule has 0 heterocycles. The van der Waals surface area contributed by atoms with Crippen LogP contribution in [0.1, 0.15) is 129 Å². The standard InChI is InChI=1S/C24H36NO2P.C21H30NO2P.C19H26NO2P.2C18H24NO2P.C17H22NO2P/c1-23(2,3)17-14-18(24(4,5)6)22(27-16-26-9)21(15-17)28-20-13-11-10-12-19(20)25(7)8;1-15-12-16(21(2,3)4)13-19(20(15)24-14-23-7)25-18-11-9-8-10-17(18)22(5)6;1-13-7-8-17(16(10-13)20(4)5)23-18-11-14(2)9-15(3)19(18)22-12-21-6;1-13-7-9-17(15(10-13)19(3)4)22-18-11-14(2)6-8-16(18)21-12-20-5;1-13-9-10-16(15(11-13)19(3)4)22-17-8-6-7-14(2)18(17)21-12-20-5;1-13-9-10-16(14(11-13)18(2)3)21-17-8-6-5-7-15(17)20-12-19-4/h10-15,28H,16H2,1-9H3;8-13,25H,14H2,1-7H3;7-11,23H,12H2,1-6H3;2*6-11,22H,12H2,1-5H3;5-11,21H,12H2,1-4H3. The molecule has 12 rings (SSSR count). The van der Waals surface area contributed by atoms with Crippen molar-refractivity contribution in [2.24, 2.45) is 0 Å². The van der Waals surface area contributed by atoms with Crippen LogP contribution in [0.25, 0.3) is 0 Å². The molecule has 0 bridgehead atoms. The van der Waals surface area contributed by atoms with E-state index >= 15 is 0 Å². The Balaban J connectivity index is 0.000000230. The third kappa shape index (κ3) is 37.3. The molecule has 0 spiro atoms. The van der Waals surface area contributed by atoms with Gasteiger partial charge >= 0.3 is 0 Å². The second-order valence-electron chi connectivity index (χ2n) is 39.3. The molecule has 12 aromatic carbocycles. The van der Waals surface area contributed by atoms with Gasteiger partial charge in [-0.15, -0.1) is 0 Å². The van der Waals surface area contributed by atoms with Crippen LogP contribution in [0.15, 0.2) is 218 Å². The maximum absolute atomic E-state index is 6.16. The van der Waals surface area contributed by atoms with Gasteiger partial charge in [0.1, 0.15) is 34.5 Å². The fourth-order valence-corrected chi connectivity index (χ4v) is 23.9. The minimum atomic E-state index is -0.0232. The van der Waals surface area contributed by atoms with Crippen molar-refractivity contribution in [1.82, 2.24) is 0 Å². The number of hydrogen-bond acceptors (Lipinski definition) is 18. The minimum Gasteiger partial charge on any atom is -0.467 e. The lowest BCUT2D eigenvalue weighted by Gasteiger charge is -2.29. The van der Waals surface area contributed by atoms with Gasteiger partial charge in [-0.25, -0.2) is 0 Å². The molecule has 12 aromatic rings. The van der Waals surface area contributed by atoms with Gasteiger partial charge in [0.05, 0.1) is 0 Å². The lowest BCUT2D eigenvalue weighted by molar-refractivity contribution is 0.0505. The minimum absolute atomic E-state index is 0.0232. The average Bonchev–Trinajstić information content (AvgIpc) is 0.754. The topological polar surface area (TPSA) is 130 Å². The molecule has 0 aliphatic rings. The molecule has 0 fully saturated rings. The number of para-hydroxylation sites is 4. The Morgan fingerprint density at radius 2 is 0.482 bits per heavy atom. The second kappa shape index (κ2) is 57.9. The summed E-state index contributed by atoms with van der Waals surface area (Å²) in [6.45, 7) is 40.9. The Kier molecular flexibility index (Phi) is 48.7. The van der Waals surface area contributed by atoms with Crippen LogP contribution < -0.4 is 121 Å². The molecule has 0 aromatic heterocycles. The van der Waals surface area contributed by atoms with E-state index in [1.54, 1.807) is 42.7 Å². The van der Waals surface area contributed by atoms with Crippen LogP contribution in [0.5, 0.6) is 34.5 Å². The number of hydrogen-bond donors (Lipinski definition) is 0. The molecule has 762 valence electrons. The monoisotopic (exact) mass is 2030 g/mol. The van der Waals surface area contributed by atoms with Gasteiger partial charge in [-0.3, -0.25) is 0 Å². The highest BCUT2D eigenvalue weighted by molar-refractivity contribution is 7.58. The van der Waals surface area contributed by atoms with Crippen molar-refractivity contribution in [1.29, 1.82) is 0 Å². The van der Waals surface area contributed by atoms with E-state index < -0.39 is 0 Å². The third-order valence-electron chi connectivity index (χ3n) is 22.4. The first-order valence-electron chi connectivity index (χ1n) is 47.5. The van der Waals surface area contributed by atoms with E-state index in [-0.39, 0.29) is 57.0 Å². The lowest BCUT2D eigenvalue weighted by atomic mass is 9.80. The van der Waals surface area contributed by atoms with Crippen molar-refractivity contribution in [3.63, 3.8) is 0 Å². The van der Waals surface area contributed by atoms with Gasteiger partial charge in [-0.1, -0.05) is 265 Å². The van der Waals surface area contributed by atoms with Gasteiger partial charge in [-0.05, 0) is 207 Å². The molecule has 0 amide bonds. The molecule has 0 aliphatic carbocycles. The van der Waals surface area contributed by atoms with Crippen molar-refractivity contribution in [3.8, 4) is 34.5 Å². The number of aryl methyl sites for hydroxylation is 9. The summed E-state index contributed by atoms with van der Waals surface area (Å²) in [6, 6.07) is 77.9. The summed E-state index contributed by atoms with van der Waals surface area (Å²) in [6.07, 6.45) is 0. The summed E-state index contributed by atoms with van der Waals surface area (Å²) in [5, 5.41) is 15.3. The Hall–Kier alpha value is -9.42. The zero-order chi connectivity index (χ0) is 104. The number of ether oxygens (including phenoxy) is 12. The summed E-state index contributed by atoms with van der Waals surface area (Å²) in [7, 11) is 38.2. The van der Waals surface area contributed by atoms with E-state index in [9.17, 15) is 0 Å². The maximum atomic E-state index is 6.16. The molecule has 0 saturated carbocycles. The highest BCUT2D eigenvalue weighted by atomic mass is 31.1. The number of benzene rings is 12. The predicted molar refractivity (Wildman–Crippen MR) is 623 cm³/mol. The van der Waals surface area contributed by atoms with E-state index in [1.807, 2.05) is 24.3 Å². The van der Waals surface area contributed by atoms with Gasteiger partial charge in [0.2, 0.25) is 0 Å². The van der Waals surface area contributed by atoms with Crippen molar-refractivity contribution in [2.75, 3.05) is 197 Å². The summed E-state index contributed by atoms with van der Waals surface area (Å²) in [4.78, 5) is 13.0. The fourth-order valence-electron chi connectivity index (χ4n) is 15.1. The van der Waals surface area contributed by atoms with E-state index in [2.05, 4.69) is 433 Å². The maximum Gasteiger partial charge on any atom is 0.188 e. The lowest BCUT2D eigenvalue weighted by Crippen LogP contribution is -2.24. The van der Waals surface area contributed by atoms with Crippen molar-refractivity contribution in [2.45, 2.75) is 141 Å². The van der Waals surface area contributed by atoms with Gasteiger partial charge in [-0.2, -0.15) is 0 Å². The van der Waals surface area contributed by atoms with E-state index in [1.165, 1.54) is 148 Å². The summed E-state index contributed by atoms with van der Waals surface area (Å²) in [5.74, 6) is 5.59. The van der Waals surface area contributed by atoms with E-state index in [4.69, 9.17) is 56.8 Å². The molecular weight excluding hydrogens is 1870 g/mol. The average molecular weight is 2030 g/mol. The molecule has 0 N–H and O–H groups in total. The first kappa shape index (κ1) is 119. The van der Waals surface area contributed by atoms with Crippen molar-refractivity contribution >= 4 is 149 Å². The molecular formula is C117H162N6O12P6. The van der Waals surface area contributed by atoms with Crippen LogP contribution in [0.4, 0.5) is 34.1 Å². The largest absolute Gasteiger partial charge is 0.467 e. The molecule has 0 aliphatic heterocycles. The second-order valence-corrected chi connectivity index (χ2v) is 47.2. The van der Waals surface area contributed by atoms with Crippen LogP contribution in [0.3, 0.4) is 0 Å². The Morgan fingerprint density at radius 3 is 0.865 bits per heavy atom. The zero-order valence-corrected chi connectivity index (χ0v) is 97.1. The quantitative estimate of drug-likeness (QED) is 0.0272. The Morgan fingerprint density at radius 1 is 0.206 bits per heavy atom. The third-order valence-corrected chi connectivity index (χ3v) is 30.5. The van der Waals surface area contributed by atoms with Gasteiger partial charge in [0, 0.05) is 231 Å². The number of rotatable bonds is 36. The Labute approximate surface area is 858 Å². The Bertz CT molecular complexity index is 5870. The highest BCUT2D eigenvalue weighted by Crippen LogP contribution is 2.40. The normalized spacial score (nSPS) is 11.6. The van der Waals surface area contributed by atoms with Crippen LogP contribution in [0, 0.1) is 62.3 Å². The van der Waals surface area contributed by atoms with Crippen LogP contribution in [0.2, 0.25) is 0 Å². The van der Waals surface area contributed by atoms with Gasteiger partial charge in [0.15, 0.2) is 40.8 Å². The first-order chi connectivity index (χ1) is 66.7. The van der Waals surface area contributed by atoms with Crippen LogP contribution in [-0.4, -0.2) is 168 Å². The molecule has 6 atom stereocenters. The van der Waals surface area contributed by atoms with Gasteiger partial charge in [0.25, 0.3) is 0 Å². The highest BCUT2D eigenvalue weighted by Gasteiger charge is 2.28. The number of anilines is 6. The number of methoxy groups -OCH3 is 6. The number of nitrogens with zero attached hydrogens (tertiary/aromatic N) is 6. The smallest absolute Gasteiger partial charge is 0.188 e. The van der Waals surface area contributed by atoms with Crippen LogP contribution >= 0.6 is 51.5 Å².